The molecule has 0 bridgehead atoms. The van der Waals surface area contributed by atoms with Crippen molar-refractivity contribution in [2.75, 3.05) is 6.61 Å². The number of carbonyl (C=O) groups excluding carboxylic acids is 2. The zero-order valence-corrected chi connectivity index (χ0v) is 9.70. The van der Waals surface area contributed by atoms with E-state index in [1.165, 1.54) is 12.1 Å². The summed E-state index contributed by atoms with van der Waals surface area (Å²) in [6.07, 6.45) is 2.90. The highest BCUT2D eigenvalue weighted by molar-refractivity contribution is 6.35. The molecule has 0 amide bonds. The van der Waals surface area contributed by atoms with Gasteiger partial charge in [-0.3, -0.25) is 4.79 Å². The van der Waals surface area contributed by atoms with E-state index in [0.29, 0.717) is 6.42 Å². The van der Waals surface area contributed by atoms with Gasteiger partial charge < -0.3 is 10.3 Å². The Kier molecular flexibility index (Phi) is 5.22. The SMILES string of the molecule is C=CCCOC(=O)c1ccccc1C(=O)C=[N+]=[N-]. The van der Waals surface area contributed by atoms with Crippen molar-refractivity contribution in [3.63, 3.8) is 0 Å². The van der Waals surface area contributed by atoms with E-state index >= 15 is 0 Å². The standard InChI is InChI=1S/C13H12N2O3/c1-2-3-8-18-13(17)11-7-5-4-6-10(11)12(16)9-15-14/h2,4-7,9H,1,3,8H2. The average molecular weight is 244 g/mol. The van der Waals surface area contributed by atoms with Gasteiger partial charge in [-0.25, -0.2) is 4.79 Å². The molecule has 0 aliphatic carbocycles. The van der Waals surface area contributed by atoms with Crippen molar-refractivity contribution in [2.24, 2.45) is 0 Å². The molecular weight excluding hydrogens is 232 g/mol. The molecule has 0 spiro atoms. The quantitative estimate of drug-likeness (QED) is 0.146. The maximum atomic E-state index is 11.7. The summed E-state index contributed by atoms with van der Waals surface area (Å²) < 4.78 is 4.97. The monoisotopic (exact) mass is 244 g/mol. The number of benzene rings is 1. The zero-order chi connectivity index (χ0) is 13.4. The highest BCUT2D eigenvalue weighted by Gasteiger charge is 2.18. The molecule has 0 aliphatic rings. The molecule has 0 saturated heterocycles. The number of hydrogen-bond donors (Lipinski definition) is 0. The number of rotatable bonds is 6. The summed E-state index contributed by atoms with van der Waals surface area (Å²) in [6, 6.07) is 6.18. The first-order valence-corrected chi connectivity index (χ1v) is 5.29. The van der Waals surface area contributed by atoms with E-state index in [0.717, 1.165) is 6.21 Å². The molecule has 0 N–H and O–H groups in total. The Morgan fingerprint density at radius 2 is 2.00 bits per heavy atom. The van der Waals surface area contributed by atoms with Gasteiger partial charge in [-0.05, 0) is 18.6 Å². The van der Waals surface area contributed by atoms with E-state index in [2.05, 4.69) is 11.4 Å². The smallest absolute Gasteiger partial charge is 0.338 e. The van der Waals surface area contributed by atoms with Gasteiger partial charge in [0.25, 0.3) is 5.78 Å². The van der Waals surface area contributed by atoms with Crippen molar-refractivity contribution in [3.05, 3.63) is 53.6 Å². The molecule has 0 radical (unpaired) electrons. The van der Waals surface area contributed by atoms with Crippen LogP contribution < -0.4 is 0 Å². The van der Waals surface area contributed by atoms with Crippen LogP contribution in [0.5, 0.6) is 0 Å². The molecule has 18 heavy (non-hydrogen) atoms. The number of esters is 1. The second-order valence-corrected chi connectivity index (χ2v) is 3.37. The molecule has 0 fully saturated rings. The predicted molar refractivity (Wildman–Crippen MR) is 65.6 cm³/mol. The Morgan fingerprint density at radius 3 is 2.61 bits per heavy atom. The lowest BCUT2D eigenvalue weighted by atomic mass is 10.0. The second-order valence-electron chi connectivity index (χ2n) is 3.37. The highest BCUT2D eigenvalue weighted by atomic mass is 16.5. The van der Waals surface area contributed by atoms with Gasteiger partial charge in [-0.2, -0.15) is 4.79 Å². The summed E-state index contributed by atoms with van der Waals surface area (Å²) in [5, 5.41) is 0. The molecule has 1 rings (SSSR count). The fraction of sp³-hybridized carbons (Fsp3) is 0.154. The van der Waals surface area contributed by atoms with Crippen LogP contribution in [0.1, 0.15) is 27.1 Å². The van der Waals surface area contributed by atoms with Crippen LogP contribution >= 0.6 is 0 Å². The summed E-state index contributed by atoms with van der Waals surface area (Å²) in [6.45, 7) is 3.72. The van der Waals surface area contributed by atoms with E-state index < -0.39 is 11.8 Å². The molecule has 1 aromatic rings. The minimum atomic E-state index is -0.591. The molecule has 0 aliphatic heterocycles. The summed E-state index contributed by atoms with van der Waals surface area (Å²) in [4.78, 5) is 25.9. The van der Waals surface area contributed by atoms with Crippen LogP contribution in [0.4, 0.5) is 0 Å². The van der Waals surface area contributed by atoms with E-state index in [1.807, 2.05) is 0 Å². The third kappa shape index (κ3) is 3.50. The van der Waals surface area contributed by atoms with Crippen molar-refractivity contribution < 1.29 is 19.1 Å². The van der Waals surface area contributed by atoms with Crippen LogP contribution in [0.2, 0.25) is 0 Å². The molecule has 0 aromatic heterocycles. The van der Waals surface area contributed by atoms with Gasteiger partial charge in [0, 0.05) is 5.56 Å². The summed E-state index contributed by atoms with van der Waals surface area (Å²) in [5.41, 5.74) is 8.60. The largest absolute Gasteiger partial charge is 0.462 e. The van der Waals surface area contributed by atoms with Gasteiger partial charge >= 0.3 is 12.2 Å². The lowest BCUT2D eigenvalue weighted by Crippen LogP contribution is -2.13. The zero-order valence-electron chi connectivity index (χ0n) is 9.70. The Morgan fingerprint density at radius 1 is 1.33 bits per heavy atom. The molecule has 0 saturated carbocycles. The van der Waals surface area contributed by atoms with Crippen LogP contribution in [0.25, 0.3) is 5.53 Å². The Hall–Kier alpha value is -2.52. The van der Waals surface area contributed by atoms with E-state index in [-0.39, 0.29) is 17.7 Å². The van der Waals surface area contributed by atoms with Crippen molar-refractivity contribution in [1.29, 1.82) is 0 Å². The molecule has 1 aromatic carbocycles. The van der Waals surface area contributed by atoms with Crippen LogP contribution in [0.15, 0.2) is 36.9 Å². The Bertz CT molecular complexity index is 517. The van der Waals surface area contributed by atoms with Crippen LogP contribution in [0.3, 0.4) is 0 Å². The molecule has 0 atom stereocenters. The topological polar surface area (TPSA) is 79.8 Å². The first-order chi connectivity index (χ1) is 8.70. The predicted octanol–water partition coefficient (Wildman–Crippen LogP) is 1.90. The van der Waals surface area contributed by atoms with Gasteiger partial charge in [0.2, 0.25) is 0 Å². The summed E-state index contributed by atoms with van der Waals surface area (Å²) >= 11 is 0. The number of ether oxygens (including phenoxy) is 1. The number of Topliss-reactive ketones (excluding diaryl/α,β-unsaturated/α-hetero) is 1. The average Bonchev–Trinajstić information content (AvgIpc) is 2.39. The van der Waals surface area contributed by atoms with Gasteiger partial charge in [-0.15, -0.1) is 6.58 Å². The van der Waals surface area contributed by atoms with Crippen LogP contribution in [-0.2, 0) is 4.74 Å². The first-order valence-electron chi connectivity index (χ1n) is 5.29. The summed E-state index contributed by atoms with van der Waals surface area (Å²) in [7, 11) is 0. The first kappa shape index (κ1) is 13.5. The summed E-state index contributed by atoms with van der Waals surface area (Å²) in [5.74, 6) is -1.15. The van der Waals surface area contributed by atoms with Gasteiger partial charge in [-0.1, -0.05) is 18.2 Å². The lowest BCUT2D eigenvalue weighted by Gasteiger charge is -2.05. The van der Waals surface area contributed by atoms with Crippen LogP contribution in [0, 0.1) is 0 Å². The molecule has 5 heteroatoms. The minimum Gasteiger partial charge on any atom is -0.462 e. The molecule has 5 nitrogen and oxygen atoms in total. The number of hydrogen-bond acceptors (Lipinski definition) is 3. The van der Waals surface area contributed by atoms with E-state index in [4.69, 9.17) is 10.3 Å². The molecular formula is C13H12N2O3. The second kappa shape index (κ2) is 6.93. The lowest BCUT2D eigenvalue weighted by molar-refractivity contribution is 0.00234. The van der Waals surface area contributed by atoms with E-state index in [1.54, 1.807) is 18.2 Å². The minimum absolute atomic E-state index is 0.138. The number of ketones is 1. The molecule has 0 heterocycles. The van der Waals surface area contributed by atoms with Crippen LogP contribution in [-0.4, -0.2) is 29.4 Å². The molecule has 92 valence electrons. The third-order valence-corrected chi connectivity index (χ3v) is 2.14. The maximum Gasteiger partial charge on any atom is 0.338 e. The number of nitrogens with zero attached hydrogens (tertiary/aromatic N) is 2. The van der Waals surface area contributed by atoms with Crippen molar-refractivity contribution in [1.82, 2.24) is 0 Å². The van der Waals surface area contributed by atoms with Crippen molar-refractivity contribution in [3.8, 4) is 0 Å². The third-order valence-electron chi connectivity index (χ3n) is 2.14. The normalized spacial score (nSPS) is 9.11. The van der Waals surface area contributed by atoms with Gasteiger partial charge in [0.1, 0.15) is 0 Å². The maximum absolute atomic E-state index is 11.7. The van der Waals surface area contributed by atoms with E-state index in [9.17, 15) is 9.59 Å². The number of carbonyl (C=O) groups is 2. The Balaban J connectivity index is 2.94. The van der Waals surface area contributed by atoms with Gasteiger partial charge in [0.05, 0.1) is 12.2 Å². The molecule has 0 unspecified atom stereocenters. The van der Waals surface area contributed by atoms with Crippen molar-refractivity contribution >= 4 is 18.0 Å². The fourth-order valence-electron chi connectivity index (χ4n) is 1.31. The van der Waals surface area contributed by atoms with Gasteiger partial charge in [0.15, 0.2) is 0 Å². The highest BCUT2D eigenvalue weighted by Crippen LogP contribution is 2.10. The fourth-order valence-corrected chi connectivity index (χ4v) is 1.31. The van der Waals surface area contributed by atoms with Crippen molar-refractivity contribution in [2.45, 2.75) is 6.42 Å². The Labute approximate surface area is 104 Å².